The summed E-state index contributed by atoms with van der Waals surface area (Å²) in [5.41, 5.74) is 0. The maximum absolute atomic E-state index is 12.2. The number of nitrogens with one attached hydrogen (secondary N) is 1. The lowest BCUT2D eigenvalue weighted by Gasteiger charge is -2.36. The highest BCUT2D eigenvalue weighted by atomic mass is 35.5. The molecular formula is C14H21ClN4O2S. The van der Waals surface area contributed by atoms with E-state index in [-0.39, 0.29) is 5.91 Å². The van der Waals surface area contributed by atoms with Crippen molar-refractivity contribution < 1.29 is 9.59 Å². The number of thioether (sulfide) groups is 1. The summed E-state index contributed by atoms with van der Waals surface area (Å²) in [4.78, 5) is 32.1. The second kappa shape index (κ2) is 7.37. The topological polar surface area (TPSA) is 65.0 Å². The van der Waals surface area contributed by atoms with Crippen LogP contribution in [0.5, 0.6) is 0 Å². The number of imide groups is 1. The van der Waals surface area contributed by atoms with Gasteiger partial charge in [0.05, 0.1) is 0 Å². The van der Waals surface area contributed by atoms with Gasteiger partial charge in [-0.25, -0.2) is 9.79 Å². The molecule has 0 aromatic carbocycles. The van der Waals surface area contributed by atoms with Crippen LogP contribution in [0.2, 0.25) is 0 Å². The van der Waals surface area contributed by atoms with Gasteiger partial charge in [0.1, 0.15) is 0 Å². The van der Waals surface area contributed by atoms with Crippen LogP contribution in [0.15, 0.2) is 16.1 Å². The number of nitrogens with zero attached hydrogens (tertiary/aromatic N) is 3. The molecule has 1 fully saturated rings. The molecule has 0 aromatic heterocycles. The molecule has 2 aliphatic rings. The number of hydrogen-bond acceptors (Lipinski definition) is 5. The summed E-state index contributed by atoms with van der Waals surface area (Å²) >= 11 is 7.39. The van der Waals surface area contributed by atoms with E-state index in [1.54, 1.807) is 7.05 Å². The van der Waals surface area contributed by atoms with Gasteiger partial charge in [-0.1, -0.05) is 42.8 Å². The third-order valence-corrected chi connectivity index (χ3v) is 4.74. The van der Waals surface area contributed by atoms with Gasteiger partial charge in [0.25, 0.3) is 5.91 Å². The number of fused-ring (bicyclic) bond motifs is 1. The van der Waals surface area contributed by atoms with Crippen molar-refractivity contribution in [3.8, 4) is 0 Å². The molecule has 0 spiro atoms. The average molecular weight is 345 g/mol. The number of carbonyl (C=O) groups excluding carboxylic acids is 2. The fraction of sp³-hybridized carbons (Fsp3) is 0.643. The first kappa shape index (κ1) is 17.1. The SMILES string of the molecule is CCCCN1C(SC/C=C(/C)Cl)=NC2C1C(=O)NC(=O)N2C. The number of amidine groups is 1. The Morgan fingerprint density at radius 1 is 1.50 bits per heavy atom. The van der Waals surface area contributed by atoms with Gasteiger partial charge in [0.15, 0.2) is 17.4 Å². The monoisotopic (exact) mass is 344 g/mol. The van der Waals surface area contributed by atoms with Crippen LogP contribution < -0.4 is 5.32 Å². The summed E-state index contributed by atoms with van der Waals surface area (Å²) in [5.74, 6) is 0.419. The van der Waals surface area contributed by atoms with E-state index < -0.39 is 18.2 Å². The van der Waals surface area contributed by atoms with Crippen molar-refractivity contribution in [1.82, 2.24) is 15.1 Å². The fourth-order valence-electron chi connectivity index (χ4n) is 2.42. The summed E-state index contributed by atoms with van der Waals surface area (Å²) in [5, 5.41) is 3.92. The highest BCUT2D eigenvalue weighted by Crippen LogP contribution is 2.29. The number of urea groups is 1. The van der Waals surface area contributed by atoms with E-state index in [1.165, 1.54) is 16.7 Å². The number of aliphatic imine (C=N–C) groups is 1. The molecule has 2 unspecified atom stereocenters. The normalized spacial score (nSPS) is 25.3. The van der Waals surface area contributed by atoms with Gasteiger partial charge in [-0.2, -0.15) is 0 Å². The lowest BCUT2D eigenvalue weighted by atomic mass is 10.1. The third-order valence-electron chi connectivity index (χ3n) is 3.65. The Labute approximate surface area is 139 Å². The molecule has 122 valence electrons. The molecule has 2 rings (SSSR count). The van der Waals surface area contributed by atoms with Crippen LogP contribution in [0.25, 0.3) is 0 Å². The molecule has 0 bridgehead atoms. The number of rotatable bonds is 5. The van der Waals surface area contributed by atoms with Crippen LogP contribution in [-0.4, -0.2) is 58.5 Å². The molecule has 0 radical (unpaired) electrons. The number of allylic oxidation sites excluding steroid dienone is 1. The van der Waals surface area contributed by atoms with Gasteiger partial charge in [0.2, 0.25) is 0 Å². The number of carbonyl (C=O) groups is 2. The molecule has 8 heteroatoms. The Bertz CT molecular complexity index is 519. The Morgan fingerprint density at radius 2 is 2.23 bits per heavy atom. The van der Waals surface area contributed by atoms with Crippen LogP contribution in [0, 0.1) is 0 Å². The minimum atomic E-state index is -0.443. The lowest BCUT2D eigenvalue weighted by Crippen LogP contribution is -2.63. The summed E-state index contributed by atoms with van der Waals surface area (Å²) in [6, 6.07) is -0.828. The molecular weight excluding hydrogens is 324 g/mol. The molecule has 0 saturated carbocycles. The van der Waals surface area contributed by atoms with E-state index >= 15 is 0 Å². The first-order valence-electron chi connectivity index (χ1n) is 7.32. The first-order valence-corrected chi connectivity index (χ1v) is 8.69. The summed E-state index contributed by atoms with van der Waals surface area (Å²) in [6.45, 7) is 4.68. The van der Waals surface area contributed by atoms with Crippen LogP contribution >= 0.6 is 23.4 Å². The minimum absolute atomic E-state index is 0.271. The van der Waals surface area contributed by atoms with Crippen LogP contribution in [0.1, 0.15) is 26.7 Å². The van der Waals surface area contributed by atoms with Crippen molar-refractivity contribution in [2.24, 2.45) is 4.99 Å². The van der Waals surface area contributed by atoms with Gasteiger partial charge in [-0.15, -0.1) is 0 Å². The molecule has 2 heterocycles. The van der Waals surface area contributed by atoms with E-state index in [0.29, 0.717) is 5.75 Å². The number of halogens is 1. The fourth-order valence-corrected chi connectivity index (χ4v) is 3.62. The van der Waals surface area contributed by atoms with E-state index in [9.17, 15) is 9.59 Å². The van der Waals surface area contributed by atoms with Crippen LogP contribution in [0.4, 0.5) is 4.79 Å². The molecule has 0 aliphatic carbocycles. The summed E-state index contributed by atoms with van der Waals surface area (Å²) < 4.78 is 0. The zero-order valence-electron chi connectivity index (χ0n) is 13.0. The van der Waals surface area contributed by atoms with E-state index in [4.69, 9.17) is 11.6 Å². The van der Waals surface area contributed by atoms with Gasteiger partial charge in [-0.05, 0) is 13.3 Å². The minimum Gasteiger partial charge on any atom is -0.336 e. The largest absolute Gasteiger partial charge is 0.336 e. The van der Waals surface area contributed by atoms with E-state index in [0.717, 1.165) is 29.6 Å². The van der Waals surface area contributed by atoms with Crippen LogP contribution in [0.3, 0.4) is 0 Å². The lowest BCUT2D eigenvalue weighted by molar-refractivity contribution is -0.127. The quantitative estimate of drug-likeness (QED) is 0.830. The second-order valence-corrected chi connectivity index (χ2v) is 6.91. The average Bonchev–Trinajstić information content (AvgIpc) is 2.81. The Balaban J connectivity index is 2.19. The van der Waals surface area contributed by atoms with Gasteiger partial charge < -0.3 is 9.80 Å². The Kier molecular flexibility index (Phi) is 5.74. The zero-order chi connectivity index (χ0) is 16.3. The summed E-state index contributed by atoms with van der Waals surface area (Å²) in [6.07, 6.45) is 3.46. The molecule has 22 heavy (non-hydrogen) atoms. The number of hydrogen-bond donors (Lipinski definition) is 1. The molecule has 0 aromatic rings. The van der Waals surface area contributed by atoms with Gasteiger partial charge in [0, 0.05) is 24.4 Å². The van der Waals surface area contributed by atoms with Crippen LogP contribution in [-0.2, 0) is 4.79 Å². The van der Waals surface area contributed by atoms with E-state index in [2.05, 4.69) is 17.2 Å². The highest BCUT2D eigenvalue weighted by molar-refractivity contribution is 8.13. The maximum Gasteiger partial charge on any atom is 0.325 e. The third kappa shape index (κ3) is 3.57. The highest BCUT2D eigenvalue weighted by Gasteiger charge is 2.48. The van der Waals surface area contributed by atoms with Crippen molar-refractivity contribution in [2.45, 2.75) is 38.9 Å². The molecule has 2 atom stereocenters. The number of likely N-dealkylation sites (N-methyl/N-ethyl adjacent to an activating group) is 1. The molecule has 6 nitrogen and oxygen atoms in total. The standard InChI is InChI=1S/C14H21ClN4O2S/c1-4-5-7-19-10-11(18(3)13(21)17-12(10)20)16-14(19)22-8-6-9(2)15/h6,10-11H,4-5,7-8H2,1-3H3,(H,17,20,21)/b9-6-. The Morgan fingerprint density at radius 3 is 2.86 bits per heavy atom. The second-order valence-electron chi connectivity index (χ2n) is 5.32. The molecule has 1 saturated heterocycles. The first-order chi connectivity index (χ1) is 10.5. The van der Waals surface area contributed by atoms with E-state index in [1.807, 2.05) is 17.9 Å². The maximum atomic E-state index is 12.2. The summed E-state index contributed by atoms with van der Waals surface area (Å²) in [7, 11) is 1.66. The van der Waals surface area contributed by atoms with Crippen molar-refractivity contribution in [3.05, 3.63) is 11.1 Å². The van der Waals surface area contributed by atoms with Gasteiger partial charge >= 0.3 is 6.03 Å². The van der Waals surface area contributed by atoms with Crippen molar-refractivity contribution in [2.75, 3.05) is 19.3 Å². The molecule has 1 N–H and O–H groups in total. The number of amides is 3. The van der Waals surface area contributed by atoms with Crippen molar-refractivity contribution >= 4 is 40.5 Å². The zero-order valence-corrected chi connectivity index (χ0v) is 14.6. The predicted octanol–water partition coefficient (Wildman–Crippen LogP) is 2.21. The van der Waals surface area contributed by atoms with Crippen molar-refractivity contribution in [1.29, 1.82) is 0 Å². The predicted molar refractivity (Wildman–Crippen MR) is 90.0 cm³/mol. The molecule has 2 aliphatic heterocycles. The Hall–Kier alpha value is -1.21. The number of unbranched alkanes of at least 4 members (excludes halogenated alkanes) is 1. The van der Waals surface area contributed by atoms with Gasteiger partial charge in [-0.3, -0.25) is 10.1 Å². The molecule has 3 amide bonds. The smallest absolute Gasteiger partial charge is 0.325 e. The van der Waals surface area contributed by atoms with Crippen molar-refractivity contribution in [3.63, 3.8) is 0 Å².